The van der Waals surface area contributed by atoms with Crippen LogP contribution in [-0.4, -0.2) is 24.7 Å². The molecule has 0 spiro atoms. The van der Waals surface area contributed by atoms with Gasteiger partial charge < -0.3 is 15.2 Å². The number of hydrogen-bond donors (Lipinski definition) is 2. The standard InChI is InChI=1S/C17H21NO3S/c1-11-4-7-16(22-11)12(2)17(20)18-9-8-13-5-6-14(19)15(10-13)21-3/h4-7,10,12,19H,8-9H2,1-3H3,(H,18,20)/t12-/m1/s1. The van der Waals surface area contributed by atoms with Gasteiger partial charge in [0.25, 0.3) is 0 Å². The minimum absolute atomic E-state index is 0.0348. The molecule has 0 aliphatic heterocycles. The van der Waals surface area contributed by atoms with Gasteiger partial charge in [-0.05, 0) is 50.1 Å². The van der Waals surface area contributed by atoms with Gasteiger partial charge in [-0.1, -0.05) is 6.07 Å². The van der Waals surface area contributed by atoms with Crippen LogP contribution in [0.5, 0.6) is 11.5 Å². The number of rotatable bonds is 6. The molecule has 1 heterocycles. The summed E-state index contributed by atoms with van der Waals surface area (Å²) in [6.45, 7) is 4.52. The summed E-state index contributed by atoms with van der Waals surface area (Å²) in [5, 5.41) is 12.5. The number of phenolic OH excluding ortho intramolecular Hbond substituents is 1. The van der Waals surface area contributed by atoms with Crippen LogP contribution in [0.1, 0.15) is 28.2 Å². The predicted octanol–water partition coefficient (Wildman–Crippen LogP) is 3.23. The molecule has 0 unspecified atom stereocenters. The number of ether oxygens (including phenoxy) is 1. The van der Waals surface area contributed by atoms with Crippen molar-refractivity contribution in [1.29, 1.82) is 0 Å². The third-order valence-electron chi connectivity index (χ3n) is 3.54. The number of phenols is 1. The van der Waals surface area contributed by atoms with Crippen molar-refractivity contribution in [3.05, 3.63) is 45.6 Å². The zero-order chi connectivity index (χ0) is 16.1. The molecule has 0 radical (unpaired) electrons. The van der Waals surface area contributed by atoms with E-state index in [1.165, 1.54) is 12.0 Å². The highest BCUT2D eigenvalue weighted by Gasteiger charge is 2.16. The van der Waals surface area contributed by atoms with Gasteiger partial charge in [-0.25, -0.2) is 0 Å². The Morgan fingerprint density at radius 2 is 2.14 bits per heavy atom. The summed E-state index contributed by atoms with van der Waals surface area (Å²) in [5.74, 6) is 0.476. The molecule has 0 fully saturated rings. The molecule has 2 rings (SSSR count). The quantitative estimate of drug-likeness (QED) is 0.859. The Hall–Kier alpha value is -2.01. The third-order valence-corrected chi connectivity index (χ3v) is 4.72. The molecular formula is C17H21NO3S. The third kappa shape index (κ3) is 4.01. The van der Waals surface area contributed by atoms with E-state index < -0.39 is 0 Å². The molecule has 0 aliphatic carbocycles. The molecule has 1 atom stereocenters. The first-order valence-electron chi connectivity index (χ1n) is 7.21. The Morgan fingerprint density at radius 1 is 1.36 bits per heavy atom. The molecule has 1 aromatic carbocycles. The molecule has 0 saturated carbocycles. The Morgan fingerprint density at radius 3 is 2.77 bits per heavy atom. The lowest BCUT2D eigenvalue weighted by atomic mass is 10.1. The molecule has 4 nitrogen and oxygen atoms in total. The minimum Gasteiger partial charge on any atom is -0.504 e. The molecule has 118 valence electrons. The van der Waals surface area contributed by atoms with Crippen LogP contribution in [0.25, 0.3) is 0 Å². The van der Waals surface area contributed by atoms with Crippen LogP contribution in [0.15, 0.2) is 30.3 Å². The van der Waals surface area contributed by atoms with Gasteiger partial charge >= 0.3 is 0 Å². The van der Waals surface area contributed by atoms with Gasteiger partial charge in [-0.2, -0.15) is 0 Å². The number of aromatic hydroxyl groups is 1. The topological polar surface area (TPSA) is 58.6 Å². The number of carbonyl (C=O) groups excluding carboxylic acids is 1. The van der Waals surface area contributed by atoms with E-state index in [0.29, 0.717) is 18.7 Å². The van der Waals surface area contributed by atoms with Crippen LogP contribution in [0, 0.1) is 6.92 Å². The van der Waals surface area contributed by atoms with E-state index in [1.54, 1.807) is 23.5 Å². The lowest BCUT2D eigenvalue weighted by Crippen LogP contribution is -2.29. The van der Waals surface area contributed by atoms with Crippen molar-refractivity contribution in [3.63, 3.8) is 0 Å². The van der Waals surface area contributed by atoms with Crippen LogP contribution >= 0.6 is 11.3 Å². The average Bonchev–Trinajstić information content (AvgIpc) is 2.94. The van der Waals surface area contributed by atoms with Crippen molar-refractivity contribution in [2.24, 2.45) is 0 Å². The van der Waals surface area contributed by atoms with Crippen LogP contribution in [0.4, 0.5) is 0 Å². The van der Waals surface area contributed by atoms with E-state index in [1.807, 2.05) is 32.0 Å². The number of amides is 1. The second-order valence-corrected chi connectivity index (χ2v) is 6.54. The van der Waals surface area contributed by atoms with Crippen molar-refractivity contribution in [1.82, 2.24) is 5.32 Å². The van der Waals surface area contributed by atoms with Gasteiger partial charge in [0.2, 0.25) is 5.91 Å². The largest absolute Gasteiger partial charge is 0.504 e. The summed E-state index contributed by atoms with van der Waals surface area (Å²) < 4.78 is 5.08. The Balaban J connectivity index is 1.86. The number of thiophene rings is 1. The minimum atomic E-state index is -0.131. The maximum absolute atomic E-state index is 12.2. The lowest BCUT2D eigenvalue weighted by Gasteiger charge is -2.11. The Bertz CT molecular complexity index is 651. The summed E-state index contributed by atoms with van der Waals surface area (Å²) in [6.07, 6.45) is 0.693. The van der Waals surface area contributed by atoms with E-state index in [0.717, 1.165) is 10.4 Å². The second-order valence-electron chi connectivity index (χ2n) is 5.22. The second kappa shape index (κ2) is 7.31. The number of carbonyl (C=O) groups is 1. The van der Waals surface area contributed by atoms with Crippen molar-refractivity contribution in [2.45, 2.75) is 26.2 Å². The fraction of sp³-hybridized carbons (Fsp3) is 0.353. The van der Waals surface area contributed by atoms with Crippen LogP contribution < -0.4 is 10.1 Å². The van der Waals surface area contributed by atoms with E-state index in [9.17, 15) is 9.90 Å². The van der Waals surface area contributed by atoms with E-state index in [4.69, 9.17) is 4.74 Å². The molecular weight excluding hydrogens is 298 g/mol. The highest BCUT2D eigenvalue weighted by molar-refractivity contribution is 7.12. The van der Waals surface area contributed by atoms with Crippen molar-refractivity contribution >= 4 is 17.2 Å². The molecule has 0 aliphatic rings. The Labute approximate surface area is 134 Å². The highest BCUT2D eigenvalue weighted by Crippen LogP contribution is 2.26. The van der Waals surface area contributed by atoms with Crippen LogP contribution in [0.3, 0.4) is 0 Å². The molecule has 0 bridgehead atoms. The summed E-state index contributed by atoms with van der Waals surface area (Å²) in [7, 11) is 1.52. The van der Waals surface area contributed by atoms with Crippen molar-refractivity contribution in [3.8, 4) is 11.5 Å². The number of benzene rings is 1. The van der Waals surface area contributed by atoms with Crippen molar-refractivity contribution in [2.75, 3.05) is 13.7 Å². The molecule has 2 N–H and O–H groups in total. The fourth-order valence-electron chi connectivity index (χ4n) is 2.18. The predicted molar refractivity (Wildman–Crippen MR) is 88.8 cm³/mol. The zero-order valence-electron chi connectivity index (χ0n) is 13.1. The molecule has 22 heavy (non-hydrogen) atoms. The highest BCUT2D eigenvalue weighted by atomic mass is 32.1. The Kier molecular flexibility index (Phi) is 5.44. The number of aryl methyl sites for hydroxylation is 1. The number of methoxy groups -OCH3 is 1. The molecule has 0 saturated heterocycles. The first-order chi connectivity index (χ1) is 10.5. The van der Waals surface area contributed by atoms with E-state index in [-0.39, 0.29) is 17.6 Å². The zero-order valence-corrected chi connectivity index (χ0v) is 13.9. The molecule has 5 heteroatoms. The molecule has 1 amide bonds. The summed E-state index contributed by atoms with van der Waals surface area (Å²) in [5.41, 5.74) is 1.01. The van der Waals surface area contributed by atoms with Gasteiger partial charge in [-0.3, -0.25) is 4.79 Å². The van der Waals surface area contributed by atoms with Gasteiger partial charge in [0, 0.05) is 16.3 Å². The first-order valence-corrected chi connectivity index (χ1v) is 8.03. The smallest absolute Gasteiger partial charge is 0.228 e. The van der Waals surface area contributed by atoms with E-state index in [2.05, 4.69) is 5.32 Å². The normalized spacial score (nSPS) is 12.0. The number of nitrogens with one attached hydrogen (secondary N) is 1. The summed E-state index contributed by atoms with van der Waals surface area (Å²) >= 11 is 1.66. The van der Waals surface area contributed by atoms with Gasteiger partial charge in [0.05, 0.1) is 13.0 Å². The summed E-state index contributed by atoms with van der Waals surface area (Å²) in [4.78, 5) is 14.4. The van der Waals surface area contributed by atoms with Crippen molar-refractivity contribution < 1.29 is 14.6 Å². The number of hydrogen-bond acceptors (Lipinski definition) is 4. The maximum atomic E-state index is 12.2. The SMILES string of the molecule is COc1cc(CCNC(=O)[C@H](C)c2ccc(C)s2)ccc1O. The average molecular weight is 319 g/mol. The summed E-state index contributed by atoms with van der Waals surface area (Å²) in [6, 6.07) is 9.26. The van der Waals surface area contributed by atoms with Crippen LogP contribution in [-0.2, 0) is 11.2 Å². The molecule has 1 aromatic heterocycles. The van der Waals surface area contributed by atoms with Gasteiger partial charge in [-0.15, -0.1) is 11.3 Å². The molecule has 2 aromatic rings. The maximum Gasteiger partial charge on any atom is 0.228 e. The first kappa shape index (κ1) is 16.4. The van der Waals surface area contributed by atoms with Gasteiger partial charge in [0.1, 0.15) is 0 Å². The lowest BCUT2D eigenvalue weighted by molar-refractivity contribution is -0.122. The monoisotopic (exact) mass is 319 g/mol. The van der Waals surface area contributed by atoms with Gasteiger partial charge in [0.15, 0.2) is 11.5 Å². The van der Waals surface area contributed by atoms with E-state index >= 15 is 0 Å². The van der Waals surface area contributed by atoms with Crippen LogP contribution in [0.2, 0.25) is 0 Å². The fourth-order valence-corrected chi connectivity index (χ4v) is 3.10.